The van der Waals surface area contributed by atoms with Crippen LogP contribution in [0.4, 0.5) is 0 Å². The molecule has 7 heteroatoms. The first kappa shape index (κ1) is 17.0. The van der Waals surface area contributed by atoms with Crippen LogP contribution in [0.2, 0.25) is 0 Å². The van der Waals surface area contributed by atoms with Gasteiger partial charge in [-0.3, -0.25) is 4.79 Å². The van der Waals surface area contributed by atoms with E-state index in [9.17, 15) is 13.2 Å². The van der Waals surface area contributed by atoms with E-state index in [1.807, 2.05) is 22.9 Å². The first-order valence-corrected chi connectivity index (χ1v) is 9.11. The molecule has 0 radical (unpaired) electrons. The highest BCUT2D eigenvalue weighted by Gasteiger charge is 2.16. The Labute approximate surface area is 146 Å². The number of hydrogen-bond donors (Lipinski definition) is 1. The summed E-state index contributed by atoms with van der Waals surface area (Å²) >= 11 is 0. The summed E-state index contributed by atoms with van der Waals surface area (Å²) in [5.41, 5.74) is 1.88. The number of hydrogen-bond acceptors (Lipinski definition) is 5. The van der Waals surface area contributed by atoms with Crippen LogP contribution >= 0.6 is 0 Å². The van der Waals surface area contributed by atoms with E-state index in [0.717, 1.165) is 23.3 Å². The summed E-state index contributed by atoms with van der Waals surface area (Å²) in [4.78, 5) is 11.9. The van der Waals surface area contributed by atoms with E-state index < -0.39 is 15.9 Å². The number of fused-ring (bicyclic) bond motifs is 1. The van der Waals surface area contributed by atoms with Crippen molar-refractivity contribution in [3.05, 3.63) is 59.7 Å². The van der Waals surface area contributed by atoms with Gasteiger partial charge in [0, 0.05) is 12.5 Å². The Bertz CT molecular complexity index is 917. The molecule has 0 atom stereocenters. The summed E-state index contributed by atoms with van der Waals surface area (Å²) in [5.74, 6) is 0.669. The van der Waals surface area contributed by atoms with Crippen LogP contribution in [0.1, 0.15) is 11.1 Å². The van der Waals surface area contributed by atoms with Gasteiger partial charge in [0.2, 0.25) is 0 Å². The molecule has 2 aromatic rings. The van der Waals surface area contributed by atoms with E-state index in [0.29, 0.717) is 12.4 Å². The molecule has 0 fully saturated rings. The lowest BCUT2D eigenvalue weighted by Gasteiger charge is -2.06. The lowest BCUT2D eigenvalue weighted by molar-refractivity contribution is -0.114. The van der Waals surface area contributed by atoms with Gasteiger partial charge >= 0.3 is 0 Å². The van der Waals surface area contributed by atoms with Crippen molar-refractivity contribution in [1.82, 2.24) is 4.72 Å². The smallest absolute Gasteiger partial charge is 0.264 e. The number of nitrogens with one attached hydrogen (secondary N) is 1. The van der Waals surface area contributed by atoms with Gasteiger partial charge in [-0.05, 0) is 53.6 Å². The molecule has 0 saturated heterocycles. The summed E-state index contributed by atoms with van der Waals surface area (Å²) in [6.07, 6.45) is 3.59. The van der Waals surface area contributed by atoms with Gasteiger partial charge in [0.15, 0.2) is 0 Å². The number of ether oxygens (including phenoxy) is 2. The standard InChI is InChI=1S/C18H17NO5S/c1-23-15-4-6-16(7-5-15)25(21,22)19-18(20)9-3-13-2-8-17-14(12-13)10-11-24-17/h2-9,12H,10-11H2,1H3,(H,19,20). The molecule has 130 valence electrons. The number of carbonyl (C=O) groups excluding carboxylic acids is 1. The Hall–Kier alpha value is -2.80. The fourth-order valence-corrected chi connectivity index (χ4v) is 3.41. The van der Waals surface area contributed by atoms with Gasteiger partial charge in [0.1, 0.15) is 11.5 Å². The molecule has 1 amide bonds. The average molecular weight is 359 g/mol. The van der Waals surface area contributed by atoms with Crippen LogP contribution in [0.3, 0.4) is 0 Å². The predicted octanol–water partition coefficient (Wildman–Crippen LogP) is 2.15. The van der Waals surface area contributed by atoms with Crippen LogP contribution in [0.5, 0.6) is 11.5 Å². The molecule has 1 aliphatic heterocycles. The van der Waals surface area contributed by atoms with E-state index >= 15 is 0 Å². The van der Waals surface area contributed by atoms with Crippen molar-refractivity contribution in [1.29, 1.82) is 0 Å². The number of rotatable bonds is 5. The largest absolute Gasteiger partial charge is 0.497 e. The summed E-state index contributed by atoms with van der Waals surface area (Å²) in [6.45, 7) is 0.656. The second kappa shape index (κ2) is 6.98. The lowest BCUT2D eigenvalue weighted by Crippen LogP contribution is -2.28. The monoisotopic (exact) mass is 359 g/mol. The zero-order chi connectivity index (χ0) is 17.9. The first-order chi connectivity index (χ1) is 12.0. The minimum absolute atomic E-state index is 0.00951. The van der Waals surface area contributed by atoms with Gasteiger partial charge in [-0.2, -0.15) is 0 Å². The van der Waals surface area contributed by atoms with Gasteiger partial charge in [-0.25, -0.2) is 13.1 Å². The zero-order valence-electron chi connectivity index (χ0n) is 13.6. The summed E-state index contributed by atoms with van der Waals surface area (Å²) < 4.78 is 36.8. The van der Waals surface area contributed by atoms with E-state index in [4.69, 9.17) is 9.47 Å². The molecule has 0 unspecified atom stereocenters. The molecule has 6 nitrogen and oxygen atoms in total. The van der Waals surface area contributed by atoms with Crippen molar-refractivity contribution >= 4 is 22.0 Å². The average Bonchev–Trinajstić information content (AvgIpc) is 3.07. The molecule has 0 spiro atoms. The third-order valence-electron chi connectivity index (χ3n) is 3.75. The molecule has 3 rings (SSSR count). The highest BCUT2D eigenvalue weighted by atomic mass is 32.2. The van der Waals surface area contributed by atoms with Gasteiger partial charge in [0.05, 0.1) is 18.6 Å². The number of benzene rings is 2. The molecule has 25 heavy (non-hydrogen) atoms. The second-order valence-corrected chi connectivity index (χ2v) is 7.13. The van der Waals surface area contributed by atoms with Crippen LogP contribution in [-0.4, -0.2) is 28.0 Å². The quantitative estimate of drug-likeness (QED) is 0.827. The van der Waals surface area contributed by atoms with Gasteiger partial charge in [0.25, 0.3) is 15.9 Å². The van der Waals surface area contributed by atoms with Crippen molar-refractivity contribution in [2.45, 2.75) is 11.3 Å². The molecule has 1 aliphatic rings. The third kappa shape index (κ3) is 4.00. The minimum Gasteiger partial charge on any atom is -0.497 e. The minimum atomic E-state index is -3.92. The Morgan fingerprint density at radius 1 is 1.20 bits per heavy atom. The highest BCUT2D eigenvalue weighted by Crippen LogP contribution is 2.26. The Kier molecular flexibility index (Phi) is 4.76. The molecule has 0 aliphatic carbocycles. The van der Waals surface area contributed by atoms with Gasteiger partial charge in [-0.15, -0.1) is 0 Å². The molecule has 0 bridgehead atoms. The number of amides is 1. The molecule has 1 N–H and O–H groups in total. The normalized spacial score (nSPS) is 13.3. The summed E-state index contributed by atoms with van der Waals surface area (Å²) in [5, 5.41) is 0. The maximum atomic E-state index is 12.2. The number of methoxy groups -OCH3 is 1. The topological polar surface area (TPSA) is 81.7 Å². The Morgan fingerprint density at radius 3 is 2.68 bits per heavy atom. The number of sulfonamides is 1. The number of carbonyl (C=O) groups is 1. The van der Waals surface area contributed by atoms with Crippen LogP contribution < -0.4 is 14.2 Å². The second-order valence-electron chi connectivity index (χ2n) is 5.44. The van der Waals surface area contributed by atoms with Crippen LogP contribution in [0, 0.1) is 0 Å². The lowest BCUT2D eigenvalue weighted by atomic mass is 10.1. The van der Waals surface area contributed by atoms with Crippen molar-refractivity contribution < 1.29 is 22.7 Å². The molecular formula is C18H17NO5S. The maximum absolute atomic E-state index is 12.2. The van der Waals surface area contributed by atoms with Crippen LogP contribution in [-0.2, 0) is 21.2 Å². The first-order valence-electron chi connectivity index (χ1n) is 7.62. The van der Waals surface area contributed by atoms with Crippen molar-refractivity contribution in [3.63, 3.8) is 0 Å². The summed E-state index contributed by atoms with van der Waals surface area (Å²) in [7, 11) is -2.44. The SMILES string of the molecule is COc1ccc(S(=O)(=O)NC(=O)C=Cc2ccc3c(c2)CCO3)cc1. The Balaban J connectivity index is 1.68. The molecule has 1 heterocycles. The van der Waals surface area contributed by atoms with Crippen LogP contribution in [0.15, 0.2) is 53.4 Å². The molecule has 0 aromatic heterocycles. The third-order valence-corrected chi connectivity index (χ3v) is 5.11. The molecule has 2 aromatic carbocycles. The highest BCUT2D eigenvalue weighted by molar-refractivity contribution is 7.90. The molecule has 0 saturated carbocycles. The molecular weight excluding hydrogens is 342 g/mol. The van der Waals surface area contributed by atoms with E-state index in [2.05, 4.69) is 0 Å². The Morgan fingerprint density at radius 2 is 1.96 bits per heavy atom. The van der Waals surface area contributed by atoms with Crippen molar-refractivity contribution in [3.8, 4) is 11.5 Å². The maximum Gasteiger partial charge on any atom is 0.264 e. The van der Waals surface area contributed by atoms with E-state index in [1.165, 1.54) is 37.5 Å². The fourth-order valence-electron chi connectivity index (χ4n) is 2.46. The van der Waals surface area contributed by atoms with Gasteiger partial charge < -0.3 is 9.47 Å². The van der Waals surface area contributed by atoms with Crippen molar-refractivity contribution in [2.24, 2.45) is 0 Å². The fraction of sp³-hybridized carbons (Fsp3) is 0.167. The van der Waals surface area contributed by atoms with E-state index in [1.54, 1.807) is 6.08 Å². The van der Waals surface area contributed by atoms with Crippen LogP contribution in [0.25, 0.3) is 6.08 Å². The van der Waals surface area contributed by atoms with E-state index in [-0.39, 0.29) is 4.90 Å². The zero-order valence-corrected chi connectivity index (χ0v) is 14.4. The summed E-state index contributed by atoms with van der Waals surface area (Å²) in [6, 6.07) is 11.4. The van der Waals surface area contributed by atoms with Gasteiger partial charge in [-0.1, -0.05) is 6.07 Å². The predicted molar refractivity (Wildman–Crippen MR) is 93.0 cm³/mol. The van der Waals surface area contributed by atoms with Crippen molar-refractivity contribution in [2.75, 3.05) is 13.7 Å².